The van der Waals surface area contributed by atoms with Crippen LogP contribution in [0.4, 0.5) is 0 Å². The maximum absolute atomic E-state index is 6.04. The van der Waals surface area contributed by atoms with Gasteiger partial charge in [-0.15, -0.1) is 24.8 Å². The molecule has 1 unspecified atom stereocenters. The molecule has 1 saturated heterocycles. The summed E-state index contributed by atoms with van der Waals surface area (Å²) in [5.74, 6) is 0.979. The highest BCUT2D eigenvalue weighted by Crippen LogP contribution is 2.20. The predicted molar refractivity (Wildman–Crippen MR) is 114 cm³/mol. The van der Waals surface area contributed by atoms with Crippen LogP contribution in [0, 0.1) is 0 Å². The number of halogens is 2. The molecular formula is C21H30Cl2N2O. The molecule has 2 aromatic carbocycles. The molecule has 2 aromatic rings. The average Bonchev–Trinajstić information content (AvgIpc) is 3.09. The summed E-state index contributed by atoms with van der Waals surface area (Å²) >= 11 is 0. The van der Waals surface area contributed by atoms with Crippen molar-refractivity contribution in [1.82, 2.24) is 10.2 Å². The van der Waals surface area contributed by atoms with Gasteiger partial charge in [-0.25, -0.2) is 0 Å². The van der Waals surface area contributed by atoms with E-state index in [1.54, 1.807) is 0 Å². The molecular weight excluding hydrogens is 367 g/mol. The van der Waals surface area contributed by atoms with Crippen molar-refractivity contribution < 1.29 is 4.74 Å². The molecule has 1 aliphatic heterocycles. The molecule has 0 amide bonds. The third kappa shape index (κ3) is 6.48. The molecule has 5 heteroatoms. The maximum Gasteiger partial charge on any atom is 0.124 e. The van der Waals surface area contributed by atoms with Crippen LogP contribution in [0.2, 0.25) is 0 Å². The fourth-order valence-corrected chi connectivity index (χ4v) is 3.44. The molecule has 0 aliphatic carbocycles. The van der Waals surface area contributed by atoms with Crippen LogP contribution in [0.1, 0.15) is 30.9 Å². The number of likely N-dealkylation sites (tertiary alicyclic amines) is 1. The van der Waals surface area contributed by atoms with Gasteiger partial charge in [0.05, 0.1) is 0 Å². The molecule has 0 radical (unpaired) electrons. The molecule has 3 rings (SSSR count). The fraction of sp³-hybridized carbons (Fsp3) is 0.429. The van der Waals surface area contributed by atoms with E-state index in [4.69, 9.17) is 4.74 Å². The monoisotopic (exact) mass is 396 g/mol. The van der Waals surface area contributed by atoms with Gasteiger partial charge in [-0.2, -0.15) is 0 Å². The number of para-hydroxylation sites is 1. The van der Waals surface area contributed by atoms with Gasteiger partial charge in [0.25, 0.3) is 0 Å². The summed E-state index contributed by atoms with van der Waals surface area (Å²) in [5.41, 5.74) is 2.43. The highest BCUT2D eigenvalue weighted by molar-refractivity contribution is 5.85. The van der Waals surface area contributed by atoms with Crippen LogP contribution in [0.15, 0.2) is 54.6 Å². The van der Waals surface area contributed by atoms with Crippen molar-refractivity contribution in [1.29, 1.82) is 0 Å². The molecule has 1 atom stereocenters. The predicted octanol–water partition coefficient (Wildman–Crippen LogP) is 4.68. The summed E-state index contributed by atoms with van der Waals surface area (Å²) in [6, 6.07) is 19.4. The lowest BCUT2D eigenvalue weighted by Gasteiger charge is -2.23. The summed E-state index contributed by atoms with van der Waals surface area (Å²) in [6.07, 6.45) is 2.64. The third-order valence-corrected chi connectivity index (χ3v) is 4.81. The minimum atomic E-state index is 0. The summed E-state index contributed by atoms with van der Waals surface area (Å²) in [5, 5.41) is 3.62. The third-order valence-electron chi connectivity index (χ3n) is 4.81. The van der Waals surface area contributed by atoms with E-state index < -0.39 is 0 Å². The second-order valence-electron chi connectivity index (χ2n) is 6.44. The Morgan fingerprint density at radius 1 is 1.04 bits per heavy atom. The SMILES string of the molecule is CCN1CCCC1CNCc1ccccc1OCc1ccccc1.Cl.Cl. The molecule has 1 aliphatic rings. The standard InChI is InChI=1S/C21H28N2O.2ClH/c1-2-23-14-8-12-20(23)16-22-15-19-11-6-7-13-21(19)24-17-18-9-4-3-5-10-18;;/h3-7,9-11,13,20,22H,2,8,12,14-17H2,1H3;2*1H. The van der Waals surface area contributed by atoms with Crippen molar-refractivity contribution in [3.63, 3.8) is 0 Å². The van der Waals surface area contributed by atoms with Crippen molar-refractivity contribution in [2.45, 2.75) is 39.0 Å². The van der Waals surface area contributed by atoms with Crippen molar-refractivity contribution in [3.05, 3.63) is 65.7 Å². The normalized spacial score (nSPS) is 16.6. The van der Waals surface area contributed by atoms with Crippen LogP contribution in [0.3, 0.4) is 0 Å². The molecule has 144 valence electrons. The van der Waals surface area contributed by atoms with Gasteiger partial charge in [0, 0.05) is 24.7 Å². The van der Waals surface area contributed by atoms with E-state index >= 15 is 0 Å². The highest BCUT2D eigenvalue weighted by Gasteiger charge is 2.22. The zero-order chi connectivity index (χ0) is 16.6. The molecule has 0 spiro atoms. The molecule has 0 aromatic heterocycles. The summed E-state index contributed by atoms with van der Waals surface area (Å²) in [6.45, 7) is 7.19. The molecule has 3 nitrogen and oxygen atoms in total. The Morgan fingerprint density at radius 3 is 2.54 bits per heavy atom. The number of benzene rings is 2. The van der Waals surface area contributed by atoms with E-state index in [-0.39, 0.29) is 24.8 Å². The largest absolute Gasteiger partial charge is 0.489 e. The molecule has 0 saturated carbocycles. The molecule has 1 fully saturated rings. The van der Waals surface area contributed by atoms with Crippen molar-refractivity contribution in [2.75, 3.05) is 19.6 Å². The van der Waals surface area contributed by atoms with Crippen LogP contribution < -0.4 is 10.1 Å². The van der Waals surface area contributed by atoms with E-state index in [0.29, 0.717) is 12.6 Å². The first-order valence-electron chi connectivity index (χ1n) is 9.06. The van der Waals surface area contributed by atoms with E-state index in [9.17, 15) is 0 Å². The molecule has 26 heavy (non-hydrogen) atoms. The Morgan fingerprint density at radius 2 is 1.77 bits per heavy atom. The number of nitrogens with zero attached hydrogens (tertiary/aromatic N) is 1. The highest BCUT2D eigenvalue weighted by atomic mass is 35.5. The van der Waals surface area contributed by atoms with Crippen molar-refractivity contribution >= 4 is 24.8 Å². The quantitative estimate of drug-likeness (QED) is 0.700. The summed E-state index contributed by atoms with van der Waals surface area (Å²) < 4.78 is 6.04. The number of likely N-dealkylation sites (N-methyl/N-ethyl adjacent to an activating group) is 1. The van der Waals surface area contributed by atoms with E-state index in [1.807, 2.05) is 24.3 Å². The zero-order valence-corrected chi connectivity index (χ0v) is 17.0. The van der Waals surface area contributed by atoms with E-state index in [1.165, 1.54) is 30.5 Å². The molecule has 1 heterocycles. The topological polar surface area (TPSA) is 24.5 Å². The Balaban J connectivity index is 0.00000169. The van der Waals surface area contributed by atoms with Crippen LogP contribution in [-0.4, -0.2) is 30.6 Å². The number of hydrogen-bond donors (Lipinski definition) is 1. The van der Waals surface area contributed by atoms with Crippen molar-refractivity contribution in [3.8, 4) is 5.75 Å². The maximum atomic E-state index is 6.04. The second-order valence-corrected chi connectivity index (χ2v) is 6.44. The smallest absolute Gasteiger partial charge is 0.124 e. The lowest BCUT2D eigenvalue weighted by atomic mass is 10.1. The number of ether oxygens (including phenoxy) is 1. The zero-order valence-electron chi connectivity index (χ0n) is 15.4. The minimum Gasteiger partial charge on any atom is -0.489 e. The molecule has 1 N–H and O–H groups in total. The summed E-state index contributed by atoms with van der Waals surface area (Å²) in [4.78, 5) is 2.57. The van der Waals surface area contributed by atoms with Gasteiger partial charge in [-0.1, -0.05) is 55.5 Å². The first-order valence-corrected chi connectivity index (χ1v) is 9.06. The Kier molecular flexibility index (Phi) is 10.7. The number of nitrogens with one attached hydrogen (secondary N) is 1. The molecule has 0 bridgehead atoms. The Hall–Kier alpha value is -1.26. The van der Waals surface area contributed by atoms with Gasteiger partial charge in [0.2, 0.25) is 0 Å². The van der Waals surface area contributed by atoms with Crippen LogP contribution in [0.5, 0.6) is 5.75 Å². The lowest BCUT2D eigenvalue weighted by molar-refractivity contribution is 0.259. The number of rotatable bonds is 8. The minimum absolute atomic E-state index is 0. The van der Waals surface area contributed by atoms with Gasteiger partial charge in [0.15, 0.2) is 0 Å². The average molecular weight is 397 g/mol. The lowest BCUT2D eigenvalue weighted by Crippen LogP contribution is -2.37. The van der Waals surface area contributed by atoms with Gasteiger partial charge in [-0.3, -0.25) is 4.90 Å². The first-order chi connectivity index (χ1) is 11.9. The second kappa shape index (κ2) is 12.2. The summed E-state index contributed by atoms with van der Waals surface area (Å²) in [7, 11) is 0. The van der Waals surface area contributed by atoms with Crippen molar-refractivity contribution in [2.24, 2.45) is 0 Å². The van der Waals surface area contributed by atoms with Gasteiger partial charge in [0.1, 0.15) is 12.4 Å². The van der Waals surface area contributed by atoms with Gasteiger partial charge >= 0.3 is 0 Å². The van der Waals surface area contributed by atoms with E-state index in [2.05, 4.69) is 47.5 Å². The first kappa shape index (κ1) is 22.8. The van der Waals surface area contributed by atoms with Crippen LogP contribution in [0.25, 0.3) is 0 Å². The van der Waals surface area contributed by atoms with Gasteiger partial charge in [-0.05, 0) is 37.6 Å². The Bertz CT molecular complexity index is 624. The van der Waals surface area contributed by atoms with Crippen LogP contribution >= 0.6 is 24.8 Å². The van der Waals surface area contributed by atoms with Gasteiger partial charge < -0.3 is 10.1 Å². The van der Waals surface area contributed by atoms with Crippen LogP contribution in [-0.2, 0) is 13.2 Å². The fourth-order valence-electron chi connectivity index (χ4n) is 3.44. The Labute approximate surface area is 169 Å². The number of hydrogen-bond acceptors (Lipinski definition) is 3. The van der Waals surface area contributed by atoms with E-state index in [0.717, 1.165) is 25.4 Å².